The summed E-state index contributed by atoms with van der Waals surface area (Å²) in [6.07, 6.45) is 0.816. The maximum Gasteiger partial charge on any atom is 0.261 e. The zero-order chi connectivity index (χ0) is 19.6. The van der Waals surface area contributed by atoms with E-state index in [4.69, 9.17) is 27.9 Å². The van der Waals surface area contributed by atoms with Gasteiger partial charge >= 0.3 is 0 Å². The van der Waals surface area contributed by atoms with E-state index in [1.54, 1.807) is 30.2 Å². The molecule has 144 valence electrons. The summed E-state index contributed by atoms with van der Waals surface area (Å²) in [6.45, 7) is 1.13. The van der Waals surface area contributed by atoms with Gasteiger partial charge in [-0.25, -0.2) is 8.42 Å². The molecule has 1 saturated heterocycles. The smallest absolute Gasteiger partial charge is 0.261 e. The van der Waals surface area contributed by atoms with Crippen LogP contribution in [0.1, 0.15) is 16.8 Å². The number of nitrogens with zero attached hydrogens (tertiary/aromatic N) is 1. The number of anilines is 1. The van der Waals surface area contributed by atoms with Crippen molar-refractivity contribution in [3.8, 4) is 0 Å². The van der Waals surface area contributed by atoms with Crippen LogP contribution < -0.4 is 4.72 Å². The van der Waals surface area contributed by atoms with Crippen LogP contribution in [0.3, 0.4) is 0 Å². The molecule has 1 fully saturated rings. The van der Waals surface area contributed by atoms with Gasteiger partial charge in [0.15, 0.2) is 0 Å². The number of carbonyl (C=O) groups is 1. The van der Waals surface area contributed by atoms with Gasteiger partial charge in [-0.15, -0.1) is 0 Å². The highest BCUT2D eigenvalue weighted by Gasteiger charge is 2.27. The van der Waals surface area contributed by atoms with E-state index >= 15 is 0 Å². The summed E-state index contributed by atoms with van der Waals surface area (Å²) in [6, 6.07) is 10.4. The van der Waals surface area contributed by atoms with Crippen LogP contribution in [0.15, 0.2) is 47.4 Å². The van der Waals surface area contributed by atoms with E-state index in [0.29, 0.717) is 18.7 Å². The first kappa shape index (κ1) is 19.9. The second-order valence-electron chi connectivity index (χ2n) is 6.16. The lowest BCUT2D eigenvalue weighted by Gasteiger charge is -2.17. The number of halogens is 2. The number of hydrogen-bond donors (Lipinski definition) is 1. The number of carbonyl (C=O) groups excluding carboxylic acids is 1. The fourth-order valence-corrected chi connectivity index (χ4v) is 4.30. The van der Waals surface area contributed by atoms with Crippen LogP contribution in [0, 0.1) is 0 Å². The van der Waals surface area contributed by atoms with Crippen LogP contribution in [0.25, 0.3) is 0 Å². The summed E-state index contributed by atoms with van der Waals surface area (Å²) < 4.78 is 32.9. The fraction of sp³-hybridized carbons (Fsp3) is 0.278. The third-order valence-electron chi connectivity index (χ3n) is 4.33. The first-order chi connectivity index (χ1) is 12.8. The largest absolute Gasteiger partial charge is 0.380 e. The Kier molecular flexibility index (Phi) is 5.95. The minimum atomic E-state index is -3.86. The van der Waals surface area contributed by atoms with Crippen LogP contribution in [-0.4, -0.2) is 45.5 Å². The minimum Gasteiger partial charge on any atom is -0.380 e. The van der Waals surface area contributed by atoms with Gasteiger partial charge in [-0.3, -0.25) is 9.52 Å². The SMILES string of the molecule is CO[C@@H]1CCN(C(=O)c2cccc(NS(=O)(=O)c3ccc(Cl)c(Cl)c3)c2)C1. The van der Waals surface area contributed by atoms with Crippen LogP contribution >= 0.6 is 23.2 Å². The molecule has 27 heavy (non-hydrogen) atoms. The molecule has 0 aromatic heterocycles. The van der Waals surface area contributed by atoms with E-state index in [1.165, 1.54) is 24.3 Å². The molecule has 1 amide bonds. The number of nitrogens with one attached hydrogen (secondary N) is 1. The molecule has 0 radical (unpaired) electrons. The third-order valence-corrected chi connectivity index (χ3v) is 6.45. The maximum absolute atomic E-state index is 12.6. The van der Waals surface area contributed by atoms with Gasteiger partial charge in [0.05, 0.1) is 21.0 Å². The van der Waals surface area contributed by atoms with Crippen molar-refractivity contribution in [1.82, 2.24) is 4.90 Å². The Labute approximate surface area is 168 Å². The lowest BCUT2D eigenvalue weighted by molar-refractivity contribution is 0.0724. The van der Waals surface area contributed by atoms with E-state index in [0.717, 1.165) is 6.42 Å². The van der Waals surface area contributed by atoms with Gasteiger partial charge in [-0.2, -0.15) is 0 Å². The Morgan fingerprint density at radius 2 is 1.96 bits per heavy atom. The van der Waals surface area contributed by atoms with Gasteiger partial charge in [-0.1, -0.05) is 29.3 Å². The van der Waals surface area contributed by atoms with E-state index in [1.807, 2.05) is 0 Å². The number of benzene rings is 2. The average molecular weight is 429 g/mol. The molecule has 1 aliphatic heterocycles. The van der Waals surface area contributed by atoms with Crippen molar-refractivity contribution in [2.75, 3.05) is 24.9 Å². The summed E-state index contributed by atoms with van der Waals surface area (Å²) in [5, 5.41) is 0.411. The van der Waals surface area contributed by atoms with Crippen LogP contribution in [-0.2, 0) is 14.8 Å². The molecule has 0 unspecified atom stereocenters. The molecular formula is C18H18Cl2N2O4S. The van der Waals surface area contributed by atoms with Crippen molar-refractivity contribution in [2.45, 2.75) is 17.4 Å². The molecule has 9 heteroatoms. The number of ether oxygens (including phenoxy) is 1. The van der Waals surface area contributed by atoms with E-state index in [9.17, 15) is 13.2 Å². The lowest BCUT2D eigenvalue weighted by atomic mass is 10.2. The van der Waals surface area contributed by atoms with Crippen molar-refractivity contribution in [2.24, 2.45) is 0 Å². The van der Waals surface area contributed by atoms with Crippen LogP contribution in [0.2, 0.25) is 10.0 Å². The molecule has 6 nitrogen and oxygen atoms in total. The molecule has 1 N–H and O–H groups in total. The summed E-state index contributed by atoms with van der Waals surface area (Å²) in [7, 11) is -2.24. The average Bonchev–Trinajstić information content (AvgIpc) is 3.12. The van der Waals surface area contributed by atoms with Crippen molar-refractivity contribution in [3.05, 3.63) is 58.1 Å². The number of likely N-dealkylation sites (tertiary alicyclic amines) is 1. The molecule has 1 atom stereocenters. The maximum atomic E-state index is 12.6. The number of hydrogen-bond acceptors (Lipinski definition) is 4. The second-order valence-corrected chi connectivity index (χ2v) is 8.66. The highest BCUT2D eigenvalue weighted by Crippen LogP contribution is 2.26. The molecule has 2 aromatic rings. The molecule has 3 rings (SSSR count). The zero-order valence-corrected chi connectivity index (χ0v) is 16.8. The first-order valence-electron chi connectivity index (χ1n) is 8.20. The lowest BCUT2D eigenvalue weighted by Crippen LogP contribution is -2.30. The molecule has 1 aliphatic rings. The highest BCUT2D eigenvalue weighted by molar-refractivity contribution is 7.92. The standard InChI is InChI=1S/C18H18Cl2N2O4S/c1-26-14-7-8-22(11-14)18(23)12-3-2-4-13(9-12)21-27(24,25)15-5-6-16(19)17(20)10-15/h2-6,9-10,14,21H,7-8,11H2,1H3/t14-/m1/s1. The Bertz CT molecular complexity index is 966. The molecular weight excluding hydrogens is 411 g/mol. The van der Waals surface area contributed by atoms with Gasteiger partial charge in [0.1, 0.15) is 0 Å². The summed E-state index contributed by atoms with van der Waals surface area (Å²) in [5.41, 5.74) is 0.690. The van der Waals surface area contributed by atoms with Crippen LogP contribution in [0.5, 0.6) is 0 Å². The molecule has 2 aromatic carbocycles. The summed E-state index contributed by atoms with van der Waals surface area (Å²) in [5.74, 6) is -0.162. The monoisotopic (exact) mass is 428 g/mol. The van der Waals surface area contributed by atoms with Crippen LogP contribution in [0.4, 0.5) is 5.69 Å². The Balaban J connectivity index is 1.79. The normalized spacial score (nSPS) is 17.1. The number of amides is 1. The van der Waals surface area contributed by atoms with Gasteiger partial charge in [0, 0.05) is 31.5 Å². The van der Waals surface area contributed by atoms with E-state index in [-0.39, 0.29) is 32.6 Å². The van der Waals surface area contributed by atoms with Crippen molar-refractivity contribution in [3.63, 3.8) is 0 Å². The Morgan fingerprint density at radius 3 is 2.63 bits per heavy atom. The number of rotatable bonds is 5. The molecule has 0 aliphatic carbocycles. The predicted octanol–water partition coefficient (Wildman–Crippen LogP) is 3.66. The van der Waals surface area contributed by atoms with Crippen molar-refractivity contribution in [1.29, 1.82) is 0 Å². The van der Waals surface area contributed by atoms with Gasteiger partial charge in [-0.05, 0) is 42.8 Å². The Morgan fingerprint density at radius 1 is 1.19 bits per heavy atom. The fourth-order valence-electron chi connectivity index (χ4n) is 2.86. The molecule has 1 heterocycles. The summed E-state index contributed by atoms with van der Waals surface area (Å²) in [4.78, 5) is 14.3. The predicted molar refractivity (Wildman–Crippen MR) is 105 cm³/mol. The number of sulfonamides is 1. The topological polar surface area (TPSA) is 75.7 Å². The van der Waals surface area contributed by atoms with Gasteiger partial charge in [0.2, 0.25) is 0 Å². The summed E-state index contributed by atoms with van der Waals surface area (Å²) >= 11 is 11.7. The van der Waals surface area contributed by atoms with E-state index < -0.39 is 10.0 Å². The van der Waals surface area contributed by atoms with Crippen molar-refractivity contribution < 1.29 is 17.9 Å². The van der Waals surface area contributed by atoms with Gasteiger partial charge < -0.3 is 9.64 Å². The Hall–Kier alpha value is -1.80. The quantitative estimate of drug-likeness (QED) is 0.788. The van der Waals surface area contributed by atoms with Crippen molar-refractivity contribution >= 4 is 44.8 Å². The number of methoxy groups -OCH3 is 1. The zero-order valence-electron chi connectivity index (χ0n) is 14.5. The second kappa shape index (κ2) is 8.06. The first-order valence-corrected chi connectivity index (χ1v) is 10.4. The van der Waals surface area contributed by atoms with E-state index in [2.05, 4.69) is 4.72 Å². The highest BCUT2D eigenvalue weighted by atomic mass is 35.5. The third kappa shape index (κ3) is 4.55. The minimum absolute atomic E-state index is 0.0175. The molecule has 0 bridgehead atoms. The molecule has 0 spiro atoms. The molecule has 0 saturated carbocycles. The van der Waals surface area contributed by atoms with Gasteiger partial charge in [0.25, 0.3) is 15.9 Å².